The Labute approximate surface area is 195 Å². The summed E-state index contributed by atoms with van der Waals surface area (Å²) in [7, 11) is -3.14. The Balaban J connectivity index is 1.58. The highest BCUT2D eigenvalue weighted by atomic mass is 32.2. The molecule has 178 valence electrons. The molecule has 2 aromatic rings. The third kappa shape index (κ3) is 5.05. The Bertz CT molecular complexity index is 1160. The number of aryl methyl sites for hydroxylation is 1. The molecule has 7 nitrogen and oxygen atoms in total. The molecule has 2 aliphatic rings. The number of nitrogens with zero attached hydrogens (tertiary/aromatic N) is 2. The average molecular weight is 473 g/mol. The number of esters is 1. The fourth-order valence-electron chi connectivity index (χ4n) is 5.06. The SMILES string of the molecule is CC[C@H](C)N(C(=O)COC(=O)c1c2c(nc3ccccc13)CCCCC2)[C@H]1CCS(=O)(=O)C1. The standard InChI is InChI=1S/C25H32N2O5S/c1-3-17(2)27(18-13-14-33(30,31)16-18)23(28)15-32-25(29)24-19-9-5-4-6-11-21(19)26-22-12-8-7-10-20(22)24/h7-8,10,12,17-18H,3-6,9,11,13-16H2,1-2H3/t17-,18-/m0/s1. The van der Waals surface area contributed by atoms with Crippen LogP contribution in [-0.2, 0) is 32.2 Å². The minimum absolute atomic E-state index is 0.0282. The van der Waals surface area contributed by atoms with E-state index in [0.717, 1.165) is 54.3 Å². The molecule has 1 aliphatic carbocycles. The lowest BCUT2D eigenvalue weighted by atomic mass is 9.97. The van der Waals surface area contributed by atoms with Crippen LogP contribution in [0.3, 0.4) is 0 Å². The summed E-state index contributed by atoms with van der Waals surface area (Å²) in [5.41, 5.74) is 3.16. The molecule has 0 spiro atoms. The molecular weight excluding hydrogens is 440 g/mol. The number of carbonyl (C=O) groups is 2. The zero-order chi connectivity index (χ0) is 23.6. The lowest BCUT2D eigenvalue weighted by Gasteiger charge is -2.33. The van der Waals surface area contributed by atoms with Crippen molar-refractivity contribution in [3.8, 4) is 0 Å². The van der Waals surface area contributed by atoms with Crippen molar-refractivity contribution in [1.29, 1.82) is 0 Å². The molecule has 1 aliphatic heterocycles. The average Bonchev–Trinajstić information content (AvgIpc) is 2.99. The summed E-state index contributed by atoms with van der Waals surface area (Å²) < 4.78 is 29.6. The first kappa shape index (κ1) is 23.7. The minimum Gasteiger partial charge on any atom is -0.452 e. The van der Waals surface area contributed by atoms with Crippen LogP contribution in [0.1, 0.15) is 67.6 Å². The largest absolute Gasteiger partial charge is 0.452 e. The van der Waals surface area contributed by atoms with Crippen LogP contribution in [0.25, 0.3) is 10.9 Å². The molecule has 0 N–H and O–H groups in total. The zero-order valence-corrected chi connectivity index (χ0v) is 20.2. The van der Waals surface area contributed by atoms with E-state index in [1.807, 2.05) is 38.1 Å². The Hall–Kier alpha value is -2.48. The Morgan fingerprint density at radius 3 is 2.67 bits per heavy atom. The molecular formula is C25H32N2O5S. The molecule has 2 atom stereocenters. The van der Waals surface area contributed by atoms with Crippen LogP contribution in [0.4, 0.5) is 0 Å². The van der Waals surface area contributed by atoms with Gasteiger partial charge in [-0.05, 0) is 57.1 Å². The lowest BCUT2D eigenvalue weighted by molar-refractivity contribution is -0.138. The summed E-state index contributed by atoms with van der Waals surface area (Å²) in [5, 5.41) is 0.747. The maximum atomic E-state index is 13.3. The molecule has 1 amide bonds. The number of fused-ring (bicyclic) bond motifs is 2. The van der Waals surface area contributed by atoms with Gasteiger partial charge in [-0.15, -0.1) is 0 Å². The number of rotatable bonds is 6. The van der Waals surface area contributed by atoms with Gasteiger partial charge in [0.1, 0.15) is 0 Å². The Morgan fingerprint density at radius 2 is 1.94 bits per heavy atom. The highest BCUT2D eigenvalue weighted by molar-refractivity contribution is 7.91. The fraction of sp³-hybridized carbons (Fsp3) is 0.560. The van der Waals surface area contributed by atoms with E-state index in [1.54, 1.807) is 4.90 Å². The summed E-state index contributed by atoms with van der Waals surface area (Å²) in [6, 6.07) is 7.05. The van der Waals surface area contributed by atoms with Crippen LogP contribution in [-0.4, -0.2) is 60.4 Å². The number of amides is 1. The van der Waals surface area contributed by atoms with E-state index in [4.69, 9.17) is 9.72 Å². The molecule has 1 saturated heterocycles. The van der Waals surface area contributed by atoms with Gasteiger partial charge in [-0.3, -0.25) is 9.78 Å². The van der Waals surface area contributed by atoms with Crippen LogP contribution >= 0.6 is 0 Å². The van der Waals surface area contributed by atoms with Gasteiger partial charge in [0.15, 0.2) is 16.4 Å². The molecule has 0 unspecified atom stereocenters. The van der Waals surface area contributed by atoms with Gasteiger partial charge in [0.25, 0.3) is 5.91 Å². The molecule has 0 saturated carbocycles. The summed E-state index contributed by atoms with van der Waals surface area (Å²) in [4.78, 5) is 32.9. The number of pyridine rings is 1. The van der Waals surface area contributed by atoms with Gasteiger partial charge in [0.2, 0.25) is 0 Å². The topological polar surface area (TPSA) is 93.6 Å². The molecule has 33 heavy (non-hydrogen) atoms. The normalized spacial score (nSPS) is 20.6. The van der Waals surface area contributed by atoms with Crippen molar-refractivity contribution in [2.75, 3.05) is 18.1 Å². The predicted octanol–water partition coefficient (Wildman–Crippen LogP) is 3.47. The number of sulfone groups is 1. The summed E-state index contributed by atoms with van der Waals surface area (Å²) >= 11 is 0. The van der Waals surface area contributed by atoms with Crippen molar-refractivity contribution in [2.24, 2.45) is 0 Å². The third-order valence-corrected chi connectivity index (χ3v) is 8.66. The summed E-state index contributed by atoms with van der Waals surface area (Å²) in [6.07, 6.45) is 5.84. The molecule has 0 bridgehead atoms. The first-order valence-electron chi connectivity index (χ1n) is 11.9. The minimum atomic E-state index is -3.14. The lowest BCUT2D eigenvalue weighted by Crippen LogP contribution is -2.48. The highest BCUT2D eigenvalue weighted by Crippen LogP contribution is 2.29. The number of aromatic nitrogens is 1. The van der Waals surface area contributed by atoms with Crippen molar-refractivity contribution >= 4 is 32.6 Å². The van der Waals surface area contributed by atoms with Crippen LogP contribution < -0.4 is 0 Å². The van der Waals surface area contributed by atoms with E-state index in [-0.39, 0.29) is 29.5 Å². The van der Waals surface area contributed by atoms with Crippen molar-refractivity contribution in [1.82, 2.24) is 9.88 Å². The molecule has 8 heteroatoms. The maximum absolute atomic E-state index is 13.3. The number of hydrogen-bond donors (Lipinski definition) is 0. The van der Waals surface area contributed by atoms with Crippen molar-refractivity contribution in [2.45, 2.75) is 70.9 Å². The quantitative estimate of drug-likeness (QED) is 0.472. The second-order valence-corrected chi connectivity index (χ2v) is 11.4. The van der Waals surface area contributed by atoms with E-state index < -0.39 is 22.4 Å². The van der Waals surface area contributed by atoms with Crippen LogP contribution in [0.15, 0.2) is 24.3 Å². The van der Waals surface area contributed by atoms with Gasteiger partial charge in [-0.2, -0.15) is 0 Å². The molecule has 1 fully saturated rings. The molecule has 4 rings (SSSR count). The van der Waals surface area contributed by atoms with E-state index >= 15 is 0 Å². The van der Waals surface area contributed by atoms with Gasteiger partial charge in [0, 0.05) is 23.2 Å². The molecule has 1 aromatic carbocycles. The summed E-state index contributed by atoms with van der Waals surface area (Å²) in [6.45, 7) is 3.46. The van der Waals surface area contributed by atoms with Gasteiger partial charge >= 0.3 is 5.97 Å². The Morgan fingerprint density at radius 1 is 1.18 bits per heavy atom. The van der Waals surface area contributed by atoms with Crippen molar-refractivity contribution in [3.05, 3.63) is 41.1 Å². The van der Waals surface area contributed by atoms with Gasteiger partial charge < -0.3 is 9.64 Å². The van der Waals surface area contributed by atoms with Gasteiger partial charge in [-0.1, -0.05) is 31.5 Å². The van der Waals surface area contributed by atoms with E-state index in [2.05, 4.69) is 0 Å². The van der Waals surface area contributed by atoms with Crippen molar-refractivity contribution in [3.63, 3.8) is 0 Å². The summed E-state index contributed by atoms with van der Waals surface area (Å²) in [5.74, 6) is -0.792. The first-order valence-corrected chi connectivity index (χ1v) is 13.7. The zero-order valence-electron chi connectivity index (χ0n) is 19.4. The second kappa shape index (κ2) is 9.79. The Kier molecular flexibility index (Phi) is 7.02. The number of carbonyl (C=O) groups excluding carboxylic acids is 2. The second-order valence-electron chi connectivity index (χ2n) is 9.18. The van der Waals surface area contributed by atoms with Crippen molar-refractivity contribution < 1.29 is 22.7 Å². The first-order chi connectivity index (χ1) is 15.8. The smallest absolute Gasteiger partial charge is 0.339 e. The monoisotopic (exact) mass is 472 g/mol. The fourth-order valence-corrected chi connectivity index (χ4v) is 6.77. The third-order valence-electron chi connectivity index (χ3n) is 6.91. The number of para-hydroxylation sites is 1. The number of benzene rings is 1. The highest BCUT2D eigenvalue weighted by Gasteiger charge is 2.37. The maximum Gasteiger partial charge on any atom is 0.339 e. The molecule has 2 heterocycles. The van der Waals surface area contributed by atoms with Gasteiger partial charge in [0.05, 0.1) is 22.6 Å². The molecule has 0 radical (unpaired) electrons. The van der Waals surface area contributed by atoms with E-state index in [0.29, 0.717) is 18.4 Å². The van der Waals surface area contributed by atoms with E-state index in [9.17, 15) is 18.0 Å². The van der Waals surface area contributed by atoms with Crippen LogP contribution in [0, 0.1) is 0 Å². The van der Waals surface area contributed by atoms with E-state index in [1.165, 1.54) is 0 Å². The number of hydrogen-bond acceptors (Lipinski definition) is 6. The predicted molar refractivity (Wildman–Crippen MR) is 127 cm³/mol. The van der Waals surface area contributed by atoms with Gasteiger partial charge in [-0.25, -0.2) is 13.2 Å². The number of ether oxygens (including phenoxy) is 1. The van der Waals surface area contributed by atoms with Crippen LogP contribution in [0.5, 0.6) is 0 Å². The molecule has 1 aromatic heterocycles. The van der Waals surface area contributed by atoms with Crippen LogP contribution in [0.2, 0.25) is 0 Å².